The fraction of sp³-hybridized carbons (Fsp3) is 0.393. The number of benzene rings is 2. The van der Waals surface area contributed by atoms with Gasteiger partial charge in [-0.2, -0.15) is 5.10 Å². The van der Waals surface area contributed by atoms with Gasteiger partial charge in [0.15, 0.2) is 5.82 Å². The third-order valence-electron chi connectivity index (χ3n) is 6.59. The van der Waals surface area contributed by atoms with Crippen LogP contribution in [0.1, 0.15) is 31.0 Å². The van der Waals surface area contributed by atoms with E-state index in [2.05, 4.69) is 39.6 Å². The fourth-order valence-corrected chi connectivity index (χ4v) is 4.72. The molecule has 2 amide bonds. The molecule has 0 radical (unpaired) electrons. The number of hydrogen-bond acceptors (Lipinski definition) is 5. The molecule has 1 saturated heterocycles. The highest BCUT2D eigenvalue weighted by Gasteiger charge is 2.29. The summed E-state index contributed by atoms with van der Waals surface area (Å²) < 4.78 is 1.89. The van der Waals surface area contributed by atoms with Gasteiger partial charge in [0.25, 0.3) is 0 Å². The minimum Gasteiger partial charge on any atom is -0.355 e. The van der Waals surface area contributed by atoms with E-state index in [0.29, 0.717) is 6.54 Å². The summed E-state index contributed by atoms with van der Waals surface area (Å²) in [4.78, 5) is 29.2. The Bertz CT molecular complexity index is 1150. The predicted molar refractivity (Wildman–Crippen MR) is 143 cm³/mol. The van der Waals surface area contributed by atoms with E-state index in [1.165, 1.54) is 12.5 Å². The van der Waals surface area contributed by atoms with Crippen molar-refractivity contribution in [2.24, 2.45) is 5.92 Å². The van der Waals surface area contributed by atoms with Crippen molar-refractivity contribution in [2.75, 3.05) is 43.4 Å². The first-order valence-electron chi connectivity index (χ1n) is 12.6. The van der Waals surface area contributed by atoms with Crippen molar-refractivity contribution in [3.05, 3.63) is 71.9 Å². The predicted octanol–water partition coefficient (Wildman–Crippen LogP) is 3.60. The molecule has 0 atom stereocenters. The lowest BCUT2D eigenvalue weighted by Crippen LogP contribution is -2.43. The Kier molecular flexibility index (Phi) is 8.38. The zero-order valence-electron chi connectivity index (χ0n) is 21.4. The highest BCUT2D eigenvalue weighted by Crippen LogP contribution is 2.34. The second-order valence-electron chi connectivity index (χ2n) is 9.49. The molecular weight excluding hydrogens is 452 g/mol. The maximum atomic E-state index is 12.9. The van der Waals surface area contributed by atoms with Gasteiger partial charge in [-0.25, -0.2) is 4.68 Å². The highest BCUT2D eigenvalue weighted by atomic mass is 16.2. The van der Waals surface area contributed by atoms with E-state index in [1.54, 1.807) is 0 Å². The lowest BCUT2D eigenvalue weighted by atomic mass is 9.96. The molecule has 1 aliphatic heterocycles. The Balaban J connectivity index is 1.35. The van der Waals surface area contributed by atoms with E-state index in [-0.39, 0.29) is 17.7 Å². The average Bonchev–Trinajstić information content (AvgIpc) is 3.20. The summed E-state index contributed by atoms with van der Waals surface area (Å²) in [6.45, 7) is 7.15. The molecule has 2 N–H and O–H groups in total. The van der Waals surface area contributed by atoms with Crippen LogP contribution in [0.4, 0.5) is 11.5 Å². The fourth-order valence-electron chi connectivity index (χ4n) is 4.72. The molecule has 1 aliphatic rings. The van der Waals surface area contributed by atoms with Gasteiger partial charge in [-0.05, 0) is 44.5 Å². The molecule has 0 saturated carbocycles. The summed E-state index contributed by atoms with van der Waals surface area (Å²) in [5, 5.41) is 10.8. The van der Waals surface area contributed by atoms with Gasteiger partial charge in [0, 0.05) is 45.6 Å². The number of para-hydroxylation sites is 1. The Hall–Kier alpha value is -3.65. The van der Waals surface area contributed by atoms with Gasteiger partial charge in [0.1, 0.15) is 5.69 Å². The van der Waals surface area contributed by atoms with Crippen molar-refractivity contribution >= 4 is 23.3 Å². The maximum absolute atomic E-state index is 12.9. The number of piperidine rings is 1. The first kappa shape index (κ1) is 25.4. The Morgan fingerprint density at radius 2 is 1.67 bits per heavy atom. The number of rotatable bonds is 9. The Morgan fingerprint density at radius 3 is 2.31 bits per heavy atom. The van der Waals surface area contributed by atoms with Gasteiger partial charge in [-0.1, -0.05) is 48.5 Å². The molecule has 4 rings (SSSR count). The van der Waals surface area contributed by atoms with Gasteiger partial charge in [0.05, 0.1) is 11.4 Å². The molecule has 0 unspecified atom stereocenters. The summed E-state index contributed by atoms with van der Waals surface area (Å²) >= 11 is 0. The normalized spacial score (nSPS) is 14.2. The molecule has 1 aromatic heterocycles. The molecule has 2 heterocycles. The number of aryl methyl sites for hydroxylation is 1. The standard InChI is InChI=1S/C28H36N6O2/c1-21-26(30-22(2)35)28(34(31-21)25-12-8-5-9-13-25)33-17-14-24(15-18-33)27(36)29-16-19-32(3)20-23-10-6-4-7-11-23/h4-13,24H,14-20H2,1-3H3,(H,29,36)(H,30,35). The molecule has 0 bridgehead atoms. The van der Waals surface area contributed by atoms with Gasteiger partial charge in [-0.3, -0.25) is 9.59 Å². The van der Waals surface area contributed by atoms with Gasteiger partial charge < -0.3 is 20.4 Å². The van der Waals surface area contributed by atoms with Crippen LogP contribution < -0.4 is 15.5 Å². The minimum absolute atomic E-state index is 0.0147. The molecule has 8 nitrogen and oxygen atoms in total. The third kappa shape index (κ3) is 6.31. The van der Waals surface area contributed by atoms with E-state index < -0.39 is 0 Å². The van der Waals surface area contributed by atoms with Gasteiger partial charge in [-0.15, -0.1) is 0 Å². The van der Waals surface area contributed by atoms with Crippen molar-refractivity contribution < 1.29 is 9.59 Å². The summed E-state index contributed by atoms with van der Waals surface area (Å²) in [7, 11) is 2.07. The molecule has 1 fully saturated rings. The summed E-state index contributed by atoms with van der Waals surface area (Å²) in [5.41, 5.74) is 3.70. The maximum Gasteiger partial charge on any atom is 0.223 e. The highest BCUT2D eigenvalue weighted by molar-refractivity contribution is 5.93. The van der Waals surface area contributed by atoms with Crippen molar-refractivity contribution in [1.29, 1.82) is 0 Å². The number of nitrogens with one attached hydrogen (secondary N) is 2. The number of carbonyl (C=O) groups is 2. The Labute approximate surface area is 213 Å². The summed E-state index contributed by atoms with van der Waals surface area (Å²) in [5.74, 6) is 0.852. The number of likely N-dealkylation sites (N-methyl/N-ethyl adjacent to an activating group) is 1. The lowest BCUT2D eigenvalue weighted by molar-refractivity contribution is -0.125. The van der Waals surface area contributed by atoms with Crippen LogP contribution in [0, 0.1) is 12.8 Å². The van der Waals surface area contributed by atoms with Crippen LogP contribution in [0.2, 0.25) is 0 Å². The molecule has 36 heavy (non-hydrogen) atoms. The molecule has 8 heteroatoms. The molecular formula is C28H36N6O2. The number of carbonyl (C=O) groups excluding carboxylic acids is 2. The second kappa shape index (κ2) is 11.9. The third-order valence-corrected chi connectivity index (χ3v) is 6.59. The van der Waals surface area contributed by atoms with Crippen LogP contribution in [0.3, 0.4) is 0 Å². The number of amides is 2. The van der Waals surface area contributed by atoms with E-state index in [9.17, 15) is 9.59 Å². The zero-order valence-corrected chi connectivity index (χ0v) is 21.4. The number of anilines is 2. The SMILES string of the molecule is CC(=O)Nc1c(C)nn(-c2ccccc2)c1N1CCC(C(=O)NCCN(C)Cc2ccccc2)CC1. The summed E-state index contributed by atoms with van der Waals surface area (Å²) in [6, 6.07) is 20.3. The van der Waals surface area contributed by atoms with E-state index in [0.717, 1.165) is 61.9 Å². The van der Waals surface area contributed by atoms with Crippen LogP contribution in [-0.2, 0) is 16.1 Å². The molecule has 2 aromatic carbocycles. The lowest BCUT2D eigenvalue weighted by Gasteiger charge is -2.33. The summed E-state index contributed by atoms with van der Waals surface area (Å²) in [6.07, 6.45) is 1.51. The van der Waals surface area contributed by atoms with Crippen molar-refractivity contribution in [3.63, 3.8) is 0 Å². The van der Waals surface area contributed by atoms with Crippen LogP contribution in [0.15, 0.2) is 60.7 Å². The quantitative estimate of drug-likeness (QED) is 0.481. The second-order valence-corrected chi connectivity index (χ2v) is 9.49. The van der Waals surface area contributed by atoms with Crippen LogP contribution in [-0.4, -0.2) is 59.7 Å². The topological polar surface area (TPSA) is 82.5 Å². The van der Waals surface area contributed by atoms with Gasteiger partial charge >= 0.3 is 0 Å². The number of hydrogen-bond donors (Lipinski definition) is 2. The zero-order chi connectivity index (χ0) is 25.5. The van der Waals surface area contributed by atoms with E-state index in [1.807, 2.05) is 60.1 Å². The van der Waals surface area contributed by atoms with Gasteiger partial charge in [0.2, 0.25) is 11.8 Å². The van der Waals surface area contributed by atoms with Crippen LogP contribution in [0.5, 0.6) is 0 Å². The number of nitrogens with zero attached hydrogens (tertiary/aromatic N) is 4. The van der Waals surface area contributed by atoms with Crippen molar-refractivity contribution in [1.82, 2.24) is 20.0 Å². The first-order chi connectivity index (χ1) is 17.4. The average molecular weight is 489 g/mol. The molecule has 0 aliphatic carbocycles. The molecule has 0 spiro atoms. The Morgan fingerprint density at radius 1 is 1.03 bits per heavy atom. The first-order valence-corrected chi connectivity index (χ1v) is 12.6. The largest absolute Gasteiger partial charge is 0.355 e. The minimum atomic E-state index is -0.126. The van der Waals surface area contributed by atoms with Crippen molar-refractivity contribution in [3.8, 4) is 5.69 Å². The van der Waals surface area contributed by atoms with Crippen molar-refractivity contribution in [2.45, 2.75) is 33.2 Å². The molecule has 190 valence electrons. The van der Waals surface area contributed by atoms with Crippen LogP contribution >= 0.6 is 0 Å². The monoisotopic (exact) mass is 488 g/mol. The van der Waals surface area contributed by atoms with E-state index >= 15 is 0 Å². The number of aromatic nitrogens is 2. The smallest absolute Gasteiger partial charge is 0.223 e. The molecule has 3 aromatic rings. The van der Waals surface area contributed by atoms with E-state index in [4.69, 9.17) is 5.10 Å². The van der Waals surface area contributed by atoms with Crippen LogP contribution in [0.25, 0.3) is 5.69 Å².